The number of rotatable bonds is 7. The Bertz CT molecular complexity index is 689. The molecule has 0 saturated heterocycles. The summed E-state index contributed by atoms with van der Waals surface area (Å²) in [6.07, 6.45) is 0.805. The Balaban J connectivity index is 0.00000338. The molecule has 26 heavy (non-hydrogen) atoms. The summed E-state index contributed by atoms with van der Waals surface area (Å²) in [4.78, 5) is 11.1. The largest absolute Gasteiger partial charge is 0.363 e. The lowest BCUT2D eigenvalue weighted by Crippen LogP contribution is -2.38. The zero-order valence-electron chi connectivity index (χ0n) is 15.5. The fraction of sp³-hybridized carbons (Fsp3) is 0.368. The molecule has 0 radical (unpaired) electrons. The van der Waals surface area contributed by atoms with Crippen LogP contribution >= 0.6 is 24.0 Å². The third kappa shape index (κ3) is 7.55. The number of pyridine rings is 1. The SMILES string of the molecule is CCNC(=NCc1cccc(N(C)C)n1)NCCc1ccc(F)cc1.I. The highest BCUT2D eigenvalue weighted by Crippen LogP contribution is 2.08. The van der Waals surface area contributed by atoms with Crippen LogP contribution in [-0.2, 0) is 13.0 Å². The number of hydrogen-bond donors (Lipinski definition) is 2. The predicted molar refractivity (Wildman–Crippen MR) is 117 cm³/mol. The van der Waals surface area contributed by atoms with Crippen LogP contribution in [0.1, 0.15) is 18.2 Å². The van der Waals surface area contributed by atoms with Gasteiger partial charge in [0.25, 0.3) is 0 Å². The van der Waals surface area contributed by atoms with Gasteiger partial charge in [-0.2, -0.15) is 0 Å². The van der Waals surface area contributed by atoms with E-state index in [4.69, 9.17) is 0 Å². The van der Waals surface area contributed by atoms with Crippen molar-refractivity contribution in [2.45, 2.75) is 19.9 Å². The Hall–Kier alpha value is -1.90. The number of guanidine groups is 1. The van der Waals surface area contributed by atoms with Gasteiger partial charge < -0.3 is 15.5 Å². The molecular formula is C19H27FIN5. The number of anilines is 1. The summed E-state index contributed by atoms with van der Waals surface area (Å²) >= 11 is 0. The molecule has 2 aromatic rings. The number of nitrogens with zero attached hydrogens (tertiary/aromatic N) is 3. The first-order valence-electron chi connectivity index (χ1n) is 8.48. The van der Waals surface area contributed by atoms with Crippen molar-refractivity contribution in [3.05, 3.63) is 59.5 Å². The molecule has 0 unspecified atom stereocenters. The standard InChI is InChI=1S/C19H26FN5.HI/c1-4-21-19(22-13-12-15-8-10-16(20)11-9-15)23-14-17-6-5-7-18(24-17)25(2)3;/h5-11H,4,12-14H2,1-3H3,(H2,21,22,23);1H. The van der Waals surface area contributed by atoms with Crippen LogP contribution in [0.5, 0.6) is 0 Å². The van der Waals surface area contributed by atoms with Crippen LogP contribution in [0.15, 0.2) is 47.5 Å². The van der Waals surface area contributed by atoms with Gasteiger partial charge in [0.1, 0.15) is 11.6 Å². The van der Waals surface area contributed by atoms with E-state index in [9.17, 15) is 4.39 Å². The fourth-order valence-corrected chi connectivity index (χ4v) is 2.28. The number of halogens is 2. The maximum absolute atomic E-state index is 12.9. The first kappa shape index (κ1) is 22.1. The number of aromatic nitrogens is 1. The number of benzene rings is 1. The van der Waals surface area contributed by atoms with Crippen molar-refractivity contribution in [2.75, 3.05) is 32.1 Å². The molecule has 0 aliphatic rings. The van der Waals surface area contributed by atoms with Crippen molar-refractivity contribution in [3.8, 4) is 0 Å². The third-order valence-corrected chi connectivity index (χ3v) is 3.61. The average Bonchev–Trinajstić information content (AvgIpc) is 2.61. The average molecular weight is 471 g/mol. The van der Waals surface area contributed by atoms with Gasteiger partial charge in [-0.25, -0.2) is 14.4 Å². The van der Waals surface area contributed by atoms with E-state index in [0.717, 1.165) is 42.5 Å². The number of aliphatic imine (C=N–C) groups is 1. The van der Waals surface area contributed by atoms with Gasteiger partial charge in [0, 0.05) is 27.2 Å². The Kier molecular flexibility index (Phi) is 9.93. The smallest absolute Gasteiger partial charge is 0.191 e. The highest BCUT2D eigenvalue weighted by atomic mass is 127. The Labute approximate surface area is 172 Å². The van der Waals surface area contributed by atoms with Crippen LogP contribution < -0.4 is 15.5 Å². The summed E-state index contributed by atoms with van der Waals surface area (Å²) < 4.78 is 12.9. The summed E-state index contributed by atoms with van der Waals surface area (Å²) in [5, 5.41) is 6.52. The van der Waals surface area contributed by atoms with Gasteiger partial charge in [-0.1, -0.05) is 18.2 Å². The molecule has 1 aromatic carbocycles. The zero-order valence-corrected chi connectivity index (χ0v) is 17.8. The zero-order chi connectivity index (χ0) is 18.1. The van der Waals surface area contributed by atoms with Crippen molar-refractivity contribution in [1.82, 2.24) is 15.6 Å². The third-order valence-electron chi connectivity index (χ3n) is 3.61. The van der Waals surface area contributed by atoms with Gasteiger partial charge in [0.2, 0.25) is 0 Å². The first-order chi connectivity index (χ1) is 12.1. The lowest BCUT2D eigenvalue weighted by Gasteiger charge is -2.13. The van der Waals surface area contributed by atoms with E-state index >= 15 is 0 Å². The van der Waals surface area contributed by atoms with Gasteiger partial charge >= 0.3 is 0 Å². The van der Waals surface area contributed by atoms with E-state index in [1.165, 1.54) is 12.1 Å². The lowest BCUT2D eigenvalue weighted by atomic mass is 10.1. The number of hydrogen-bond acceptors (Lipinski definition) is 3. The molecule has 0 fully saturated rings. The quantitative estimate of drug-likeness (QED) is 0.370. The fourth-order valence-electron chi connectivity index (χ4n) is 2.28. The molecule has 142 valence electrons. The maximum atomic E-state index is 12.9. The van der Waals surface area contributed by atoms with Crippen molar-refractivity contribution in [3.63, 3.8) is 0 Å². The minimum Gasteiger partial charge on any atom is -0.363 e. The molecule has 0 saturated carbocycles. The van der Waals surface area contributed by atoms with Crippen molar-refractivity contribution >= 4 is 35.8 Å². The first-order valence-corrected chi connectivity index (χ1v) is 8.48. The van der Waals surface area contributed by atoms with Gasteiger partial charge in [0.15, 0.2) is 5.96 Å². The Morgan fingerprint density at radius 3 is 2.50 bits per heavy atom. The summed E-state index contributed by atoms with van der Waals surface area (Å²) in [5.41, 5.74) is 2.01. The Morgan fingerprint density at radius 2 is 1.85 bits per heavy atom. The molecule has 2 rings (SSSR count). The summed E-state index contributed by atoms with van der Waals surface area (Å²) in [6, 6.07) is 12.5. The van der Waals surface area contributed by atoms with Crippen LogP contribution in [-0.4, -0.2) is 38.1 Å². The topological polar surface area (TPSA) is 52.6 Å². The summed E-state index contributed by atoms with van der Waals surface area (Å²) in [6.45, 7) is 4.05. The second-order valence-electron chi connectivity index (χ2n) is 5.88. The van der Waals surface area contributed by atoms with E-state index in [1.54, 1.807) is 12.1 Å². The van der Waals surface area contributed by atoms with Crippen molar-refractivity contribution in [1.29, 1.82) is 0 Å². The molecule has 0 amide bonds. The van der Waals surface area contributed by atoms with Crippen molar-refractivity contribution < 1.29 is 4.39 Å². The second kappa shape index (κ2) is 11.7. The van der Waals surface area contributed by atoms with E-state index in [2.05, 4.69) is 20.6 Å². The monoisotopic (exact) mass is 471 g/mol. The predicted octanol–water partition coefficient (Wildman–Crippen LogP) is 3.20. The highest BCUT2D eigenvalue weighted by Gasteiger charge is 2.01. The highest BCUT2D eigenvalue weighted by molar-refractivity contribution is 14.0. The molecule has 0 bridgehead atoms. The van der Waals surface area contributed by atoms with Crippen LogP contribution in [0.3, 0.4) is 0 Å². The summed E-state index contributed by atoms with van der Waals surface area (Å²) in [7, 11) is 3.94. The molecule has 0 atom stereocenters. The van der Waals surface area contributed by atoms with Gasteiger partial charge in [-0.3, -0.25) is 0 Å². The van der Waals surface area contributed by atoms with Gasteiger partial charge in [-0.15, -0.1) is 24.0 Å². The van der Waals surface area contributed by atoms with Gasteiger partial charge in [-0.05, 0) is 43.2 Å². The second-order valence-corrected chi connectivity index (χ2v) is 5.88. The van der Waals surface area contributed by atoms with Crippen LogP contribution in [0.25, 0.3) is 0 Å². The Morgan fingerprint density at radius 1 is 1.12 bits per heavy atom. The van der Waals surface area contributed by atoms with E-state index in [1.807, 2.05) is 44.1 Å². The van der Waals surface area contributed by atoms with Gasteiger partial charge in [0.05, 0.1) is 12.2 Å². The minimum absolute atomic E-state index is 0. The molecule has 1 aromatic heterocycles. The summed E-state index contributed by atoms with van der Waals surface area (Å²) in [5.74, 6) is 1.46. The van der Waals surface area contributed by atoms with Crippen LogP contribution in [0.4, 0.5) is 10.2 Å². The lowest BCUT2D eigenvalue weighted by molar-refractivity contribution is 0.626. The minimum atomic E-state index is -0.209. The molecular weight excluding hydrogens is 444 g/mol. The van der Waals surface area contributed by atoms with Crippen LogP contribution in [0, 0.1) is 5.82 Å². The van der Waals surface area contributed by atoms with Crippen molar-refractivity contribution in [2.24, 2.45) is 4.99 Å². The molecule has 1 heterocycles. The van der Waals surface area contributed by atoms with E-state index in [-0.39, 0.29) is 29.8 Å². The molecule has 0 spiro atoms. The van der Waals surface area contributed by atoms with Crippen LogP contribution in [0.2, 0.25) is 0 Å². The molecule has 5 nitrogen and oxygen atoms in total. The number of nitrogens with one attached hydrogen (secondary N) is 2. The molecule has 2 N–H and O–H groups in total. The molecule has 0 aliphatic heterocycles. The maximum Gasteiger partial charge on any atom is 0.191 e. The van der Waals surface area contributed by atoms with E-state index < -0.39 is 0 Å². The molecule has 0 aliphatic carbocycles. The normalized spacial score (nSPS) is 10.8. The molecule has 7 heteroatoms. The van der Waals surface area contributed by atoms with E-state index in [0.29, 0.717) is 6.54 Å².